The van der Waals surface area contributed by atoms with Crippen LogP contribution >= 0.6 is 0 Å². The number of nitrogens with zero attached hydrogens (tertiary/aromatic N) is 6. The lowest BCUT2D eigenvalue weighted by atomic mass is 10.1. The number of halogens is 1. The van der Waals surface area contributed by atoms with Gasteiger partial charge in [-0.3, -0.25) is 4.90 Å². The first kappa shape index (κ1) is 17.8. The quantitative estimate of drug-likeness (QED) is 0.726. The van der Waals surface area contributed by atoms with Gasteiger partial charge in [0.2, 0.25) is 16.0 Å². The molecule has 3 rings (SSSR count). The second-order valence-corrected chi connectivity index (χ2v) is 7.96. The van der Waals surface area contributed by atoms with Gasteiger partial charge in [-0.15, -0.1) is 0 Å². The van der Waals surface area contributed by atoms with Crippen LogP contribution in [0.4, 0.5) is 4.39 Å². The molecule has 0 radical (unpaired) electrons. The Labute approximate surface area is 145 Å². The maximum atomic E-state index is 14.0. The molecule has 0 bridgehead atoms. The summed E-state index contributed by atoms with van der Waals surface area (Å²) in [5.41, 5.74) is 1.06. The Balaban J connectivity index is 1.73. The topological polar surface area (TPSA) is 92.2 Å². The van der Waals surface area contributed by atoms with Crippen LogP contribution in [0.2, 0.25) is 0 Å². The van der Waals surface area contributed by atoms with E-state index in [9.17, 15) is 12.8 Å². The fourth-order valence-corrected chi connectivity index (χ4v) is 3.55. The number of aryl methyl sites for hydroxylation is 1. The van der Waals surface area contributed by atoms with Crippen molar-refractivity contribution in [2.45, 2.75) is 13.5 Å². The highest BCUT2D eigenvalue weighted by Gasteiger charge is 2.23. The van der Waals surface area contributed by atoms with Gasteiger partial charge in [0.05, 0.1) is 11.8 Å². The van der Waals surface area contributed by atoms with Crippen LogP contribution in [0, 0.1) is 12.9 Å². The highest BCUT2D eigenvalue weighted by atomic mass is 32.2. The number of piperazine rings is 1. The van der Waals surface area contributed by atoms with Crippen molar-refractivity contribution in [2.75, 3.05) is 32.4 Å². The lowest BCUT2D eigenvalue weighted by Gasteiger charge is -2.33. The fraction of sp³-hybridized carbons (Fsp3) is 0.467. The van der Waals surface area contributed by atoms with E-state index in [2.05, 4.69) is 24.8 Å². The molecule has 10 heteroatoms. The van der Waals surface area contributed by atoms with Gasteiger partial charge in [-0.1, -0.05) is 0 Å². The highest BCUT2D eigenvalue weighted by molar-refractivity contribution is 7.88. The number of pyridine rings is 1. The molecule has 1 aliphatic rings. The van der Waals surface area contributed by atoms with E-state index in [0.717, 1.165) is 5.56 Å². The molecule has 2 aromatic rings. The molecule has 25 heavy (non-hydrogen) atoms. The van der Waals surface area contributed by atoms with Crippen LogP contribution in [-0.4, -0.2) is 70.0 Å². The average molecular weight is 366 g/mol. The average Bonchev–Trinajstić information content (AvgIpc) is 2.56. The lowest BCUT2D eigenvalue weighted by Crippen LogP contribution is -2.47. The maximum absolute atomic E-state index is 14.0. The van der Waals surface area contributed by atoms with Crippen LogP contribution in [0.1, 0.15) is 11.4 Å². The van der Waals surface area contributed by atoms with Crippen molar-refractivity contribution in [1.82, 2.24) is 29.1 Å². The van der Waals surface area contributed by atoms with Crippen molar-refractivity contribution in [3.63, 3.8) is 0 Å². The van der Waals surface area contributed by atoms with Gasteiger partial charge < -0.3 is 0 Å². The Morgan fingerprint density at radius 2 is 1.88 bits per heavy atom. The number of sulfonamides is 1. The van der Waals surface area contributed by atoms with Crippen molar-refractivity contribution in [2.24, 2.45) is 0 Å². The summed E-state index contributed by atoms with van der Waals surface area (Å²) >= 11 is 0. The van der Waals surface area contributed by atoms with E-state index >= 15 is 0 Å². The Bertz CT molecular complexity index is 868. The molecule has 0 spiro atoms. The molecule has 0 aliphatic carbocycles. The molecule has 1 fully saturated rings. The van der Waals surface area contributed by atoms with Gasteiger partial charge in [0.15, 0.2) is 5.82 Å². The summed E-state index contributed by atoms with van der Waals surface area (Å²) in [7, 11) is -3.15. The Hall–Kier alpha value is -2.04. The third-order valence-electron chi connectivity index (χ3n) is 4.04. The van der Waals surface area contributed by atoms with Crippen molar-refractivity contribution in [1.29, 1.82) is 0 Å². The predicted molar refractivity (Wildman–Crippen MR) is 89.4 cm³/mol. The van der Waals surface area contributed by atoms with E-state index < -0.39 is 16.0 Å². The lowest BCUT2D eigenvalue weighted by molar-refractivity contribution is 0.182. The molecule has 0 saturated carbocycles. The molecule has 0 atom stereocenters. The molecular weight excluding hydrogens is 347 g/mol. The molecule has 1 aliphatic heterocycles. The summed E-state index contributed by atoms with van der Waals surface area (Å²) in [5.74, 6) is 0.129. The van der Waals surface area contributed by atoms with Gasteiger partial charge in [0, 0.05) is 38.9 Å². The molecular formula is C15H19FN6O2S. The monoisotopic (exact) mass is 366 g/mol. The van der Waals surface area contributed by atoms with E-state index in [1.165, 1.54) is 23.1 Å². The van der Waals surface area contributed by atoms with Gasteiger partial charge in [0.25, 0.3) is 0 Å². The second-order valence-electron chi connectivity index (χ2n) is 5.98. The predicted octanol–water partition coefficient (Wildman–Crippen LogP) is 0.458. The van der Waals surface area contributed by atoms with Crippen LogP contribution in [0.3, 0.4) is 0 Å². The minimum Gasteiger partial charge on any atom is -0.296 e. The molecule has 0 unspecified atom stereocenters. The third-order valence-corrected chi connectivity index (χ3v) is 5.34. The Morgan fingerprint density at radius 3 is 2.52 bits per heavy atom. The Kier molecular flexibility index (Phi) is 5.02. The van der Waals surface area contributed by atoms with Crippen LogP contribution < -0.4 is 0 Å². The van der Waals surface area contributed by atoms with E-state index in [0.29, 0.717) is 38.5 Å². The molecule has 3 heterocycles. The molecule has 134 valence electrons. The molecule has 8 nitrogen and oxygen atoms in total. The van der Waals surface area contributed by atoms with Gasteiger partial charge in [-0.25, -0.2) is 28.4 Å². The molecule has 0 amide bonds. The standard InChI is InChI=1S/C15H19FN6O2S/c1-11-18-10-19-15(20-11)13-7-12(8-17-14(13)16)9-21-3-5-22(6-4-21)25(2,23)24/h7-8,10H,3-6,9H2,1-2H3. The Morgan fingerprint density at radius 1 is 1.16 bits per heavy atom. The van der Waals surface area contributed by atoms with Crippen molar-refractivity contribution < 1.29 is 12.8 Å². The molecule has 0 aromatic carbocycles. The third kappa shape index (κ3) is 4.33. The van der Waals surface area contributed by atoms with Crippen molar-refractivity contribution >= 4 is 10.0 Å². The summed E-state index contributed by atoms with van der Waals surface area (Å²) in [6.45, 7) is 4.40. The highest BCUT2D eigenvalue weighted by Crippen LogP contribution is 2.20. The van der Waals surface area contributed by atoms with E-state index in [1.807, 2.05) is 0 Å². The second kappa shape index (κ2) is 7.06. The van der Waals surface area contributed by atoms with Crippen LogP contribution in [0.25, 0.3) is 11.4 Å². The first-order chi connectivity index (χ1) is 11.8. The summed E-state index contributed by atoms with van der Waals surface area (Å²) in [6.07, 6.45) is 4.04. The first-order valence-electron chi connectivity index (χ1n) is 7.81. The normalized spacial score (nSPS) is 16.9. The summed E-state index contributed by atoms with van der Waals surface area (Å²) in [4.78, 5) is 18.0. The van der Waals surface area contributed by atoms with Gasteiger partial charge in [-0.2, -0.15) is 8.70 Å². The van der Waals surface area contributed by atoms with Gasteiger partial charge >= 0.3 is 0 Å². The SMILES string of the molecule is Cc1ncnc(-c2cc(CN3CCN(S(C)(=O)=O)CC3)cnc2F)n1. The van der Waals surface area contributed by atoms with E-state index in [-0.39, 0.29) is 11.4 Å². The summed E-state index contributed by atoms with van der Waals surface area (Å²) < 4.78 is 38.6. The number of rotatable bonds is 4. The minimum atomic E-state index is -3.15. The van der Waals surface area contributed by atoms with Gasteiger partial charge in [-0.05, 0) is 18.6 Å². The van der Waals surface area contributed by atoms with E-state index in [1.54, 1.807) is 13.0 Å². The van der Waals surface area contributed by atoms with Crippen LogP contribution in [0.15, 0.2) is 18.6 Å². The zero-order valence-corrected chi connectivity index (χ0v) is 14.9. The van der Waals surface area contributed by atoms with Crippen LogP contribution in [-0.2, 0) is 16.6 Å². The number of hydrogen-bond donors (Lipinski definition) is 0. The van der Waals surface area contributed by atoms with Crippen molar-refractivity contribution in [3.05, 3.63) is 35.9 Å². The van der Waals surface area contributed by atoms with Gasteiger partial charge in [0.1, 0.15) is 12.2 Å². The zero-order valence-electron chi connectivity index (χ0n) is 14.1. The number of hydrogen-bond acceptors (Lipinski definition) is 7. The number of aromatic nitrogens is 4. The maximum Gasteiger partial charge on any atom is 0.223 e. The van der Waals surface area contributed by atoms with Crippen LogP contribution in [0.5, 0.6) is 0 Å². The molecule has 1 saturated heterocycles. The summed E-state index contributed by atoms with van der Waals surface area (Å²) in [5, 5.41) is 0. The van der Waals surface area contributed by atoms with Crippen molar-refractivity contribution in [3.8, 4) is 11.4 Å². The largest absolute Gasteiger partial charge is 0.296 e. The minimum absolute atomic E-state index is 0.234. The smallest absolute Gasteiger partial charge is 0.223 e. The molecule has 0 N–H and O–H groups in total. The van der Waals surface area contributed by atoms with E-state index in [4.69, 9.17) is 0 Å². The fourth-order valence-electron chi connectivity index (χ4n) is 2.72. The molecule has 2 aromatic heterocycles. The summed E-state index contributed by atoms with van der Waals surface area (Å²) in [6, 6.07) is 1.68. The first-order valence-corrected chi connectivity index (χ1v) is 9.65. The zero-order chi connectivity index (χ0) is 18.0.